The van der Waals surface area contributed by atoms with Crippen molar-refractivity contribution in [2.45, 2.75) is 6.43 Å². The molecule has 0 spiro atoms. The standard InChI is InChI=1S/C11H10F2O3/c1-16-8-4-2-7(3-5-8)9(14)6-10(15)11(12)13/h2-6,11,14H,1H3/b9-6-. The summed E-state index contributed by atoms with van der Waals surface area (Å²) in [6.45, 7) is 0. The molecule has 3 nitrogen and oxygen atoms in total. The fraction of sp³-hybridized carbons (Fsp3) is 0.182. The van der Waals surface area contributed by atoms with Crippen molar-refractivity contribution >= 4 is 11.5 Å². The second-order valence-corrected chi connectivity index (χ2v) is 2.96. The first kappa shape index (κ1) is 12.2. The number of carbonyl (C=O) groups is 1. The number of ketones is 1. The molecule has 0 unspecified atom stereocenters. The van der Waals surface area contributed by atoms with Gasteiger partial charge in [-0.15, -0.1) is 0 Å². The van der Waals surface area contributed by atoms with Crippen molar-refractivity contribution in [2.75, 3.05) is 7.11 Å². The Balaban J connectivity index is 2.87. The van der Waals surface area contributed by atoms with Crippen LogP contribution in [0.3, 0.4) is 0 Å². The van der Waals surface area contributed by atoms with Gasteiger partial charge in [-0.05, 0) is 24.3 Å². The summed E-state index contributed by atoms with van der Waals surface area (Å²) in [7, 11) is 1.48. The third-order valence-corrected chi connectivity index (χ3v) is 1.88. The molecule has 1 aromatic carbocycles. The Morgan fingerprint density at radius 2 is 1.94 bits per heavy atom. The predicted molar refractivity (Wildman–Crippen MR) is 54.6 cm³/mol. The highest BCUT2D eigenvalue weighted by molar-refractivity contribution is 5.97. The molecule has 0 aliphatic heterocycles. The second-order valence-electron chi connectivity index (χ2n) is 2.96. The molecule has 1 aromatic rings. The number of allylic oxidation sites excluding steroid dienone is 1. The van der Waals surface area contributed by atoms with E-state index in [4.69, 9.17) is 4.74 Å². The van der Waals surface area contributed by atoms with Gasteiger partial charge in [-0.25, -0.2) is 8.78 Å². The summed E-state index contributed by atoms with van der Waals surface area (Å²) in [5.74, 6) is -1.35. The van der Waals surface area contributed by atoms with Crippen molar-refractivity contribution in [3.05, 3.63) is 35.9 Å². The normalized spacial score (nSPS) is 11.6. The van der Waals surface area contributed by atoms with Crippen LogP contribution < -0.4 is 4.74 Å². The summed E-state index contributed by atoms with van der Waals surface area (Å²) in [5, 5.41) is 9.37. The highest BCUT2D eigenvalue weighted by Gasteiger charge is 2.13. The van der Waals surface area contributed by atoms with Gasteiger partial charge in [0.15, 0.2) is 0 Å². The third-order valence-electron chi connectivity index (χ3n) is 1.88. The van der Waals surface area contributed by atoms with E-state index in [1.54, 1.807) is 12.1 Å². The molecule has 5 heteroatoms. The number of hydrogen-bond donors (Lipinski definition) is 1. The average molecular weight is 228 g/mol. The zero-order valence-electron chi connectivity index (χ0n) is 8.48. The molecule has 1 N–H and O–H groups in total. The molecule has 0 atom stereocenters. The first-order chi connectivity index (χ1) is 7.54. The first-order valence-corrected chi connectivity index (χ1v) is 4.41. The van der Waals surface area contributed by atoms with Crippen LogP contribution in [0.25, 0.3) is 5.76 Å². The molecule has 86 valence electrons. The third kappa shape index (κ3) is 3.05. The van der Waals surface area contributed by atoms with Gasteiger partial charge < -0.3 is 9.84 Å². The Hall–Kier alpha value is -1.91. The summed E-state index contributed by atoms with van der Waals surface area (Å²) in [5.41, 5.74) is 0.273. The smallest absolute Gasteiger partial charge is 0.300 e. The number of rotatable bonds is 4. The lowest BCUT2D eigenvalue weighted by Gasteiger charge is -2.02. The lowest BCUT2D eigenvalue weighted by atomic mass is 10.1. The molecule has 0 fully saturated rings. The molecule has 0 aliphatic carbocycles. The number of aliphatic hydroxyl groups is 1. The van der Waals surface area contributed by atoms with Gasteiger partial charge in [0.2, 0.25) is 5.78 Å². The number of halogens is 2. The molecule has 0 amide bonds. The molecule has 0 bridgehead atoms. The number of methoxy groups -OCH3 is 1. The van der Waals surface area contributed by atoms with E-state index in [0.717, 1.165) is 0 Å². The van der Waals surface area contributed by atoms with E-state index < -0.39 is 18.0 Å². The molecule has 0 aromatic heterocycles. The van der Waals surface area contributed by atoms with Crippen LogP contribution in [0, 0.1) is 0 Å². The van der Waals surface area contributed by atoms with Crippen LogP contribution in [0.2, 0.25) is 0 Å². The summed E-state index contributed by atoms with van der Waals surface area (Å²) in [6.07, 6.45) is -2.60. The highest BCUT2D eigenvalue weighted by Crippen LogP contribution is 2.17. The van der Waals surface area contributed by atoms with Gasteiger partial charge in [0, 0.05) is 11.6 Å². The Morgan fingerprint density at radius 1 is 1.38 bits per heavy atom. The van der Waals surface area contributed by atoms with Gasteiger partial charge >= 0.3 is 0 Å². The zero-order chi connectivity index (χ0) is 12.1. The number of benzene rings is 1. The van der Waals surface area contributed by atoms with Crippen LogP contribution in [0.4, 0.5) is 8.78 Å². The lowest BCUT2D eigenvalue weighted by Crippen LogP contribution is -2.06. The van der Waals surface area contributed by atoms with E-state index in [1.807, 2.05) is 0 Å². The fourth-order valence-corrected chi connectivity index (χ4v) is 1.04. The van der Waals surface area contributed by atoms with Crippen LogP contribution >= 0.6 is 0 Å². The molecule has 0 radical (unpaired) electrons. The molecule has 16 heavy (non-hydrogen) atoms. The van der Waals surface area contributed by atoms with E-state index >= 15 is 0 Å². The minimum absolute atomic E-state index is 0.273. The molecular formula is C11H10F2O3. The van der Waals surface area contributed by atoms with E-state index in [0.29, 0.717) is 11.8 Å². The zero-order valence-corrected chi connectivity index (χ0v) is 8.48. The van der Waals surface area contributed by atoms with E-state index in [-0.39, 0.29) is 5.56 Å². The van der Waals surface area contributed by atoms with Gasteiger partial charge in [0.05, 0.1) is 7.11 Å². The maximum absolute atomic E-state index is 11.9. The predicted octanol–water partition coefficient (Wildman–Crippen LogP) is 2.43. The quantitative estimate of drug-likeness (QED) is 0.636. The van der Waals surface area contributed by atoms with Crippen LogP contribution in [0.1, 0.15) is 5.56 Å². The van der Waals surface area contributed by atoms with Crippen LogP contribution in [0.5, 0.6) is 5.75 Å². The number of hydrogen-bond acceptors (Lipinski definition) is 3. The topological polar surface area (TPSA) is 46.5 Å². The number of alkyl halides is 2. The van der Waals surface area contributed by atoms with Crippen molar-refractivity contribution < 1.29 is 23.4 Å². The number of aliphatic hydroxyl groups excluding tert-OH is 1. The van der Waals surface area contributed by atoms with Crippen LogP contribution in [0.15, 0.2) is 30.3 Å². The molecule has 0 heterocycles. The van der Waals surface area contributed by atoms with E-state index in [9.17, 15) is 18.7 Å². The van der Waals surface area contributed by atoms with Gasteiger partial charge in [-0.2, -0.15) is 0 Å². The minimum Gasteiger partial charge on any atom is -0.507 e. The average Bonchev–Trinajstić information content (AvgIpc) is 2.28. The van der Waals surface area contributed by atoms with Crippen molar-refractivity contribution in [3.8, 4) is 5.75 Å². The Kier molecular flexibility index (Phi) is 3.99. The minimum atomic E-state index is -3.11. The second kappa shape index (κ2) is 5.25. The van der Waals surface area contributed by atoms with Gasteiger partial charge in [0.1, 0.15) is 11.5 Å². The number of carbonyl (C=O) groups excluding carboxylic acids is 1. The maximum atomic E-state index is 11.9. The molecule has 1 rings (SSSR count). The fourth-order valence-electron chi connectivity index (χ4n) is 1.04. The van der Waals surface area contributed by atoms with Gasteiger partial charge in [-0.3, -0.25) is 4.79 Å². The molecular weight excluding hydrogens is 218 g/mol. The lowest BCUT2D eigenvalue weighted by molar-refractivity contribution is -0.124. The number of ether oxygens (including phenoxy) is 1. The molecule has 0 saturated carbocycles. The monoisotopic (exact) mass is 228 g/mol. The summed E-state index contributed by atoms with van der Waals surface area (Å²) in [6, 6.07) is 6.02. The Bertz CT molecular complexity index is 396. The first-order valence-electron chi connectivity index (χ1n) is 4.41. The maximum Gasteiger partial charge on any atom is 0.300 e. The van der Waals surface area contributed by atoms with Crippen molar-refractivity contribution in [2.24, 2.45) is 0 Å². The van der Waals surface area contributed by atoms with E-state index in [1.165, 1.54) is 19.2 Å². The summed E-state index contributed by atoms with van der Waals surface area (Å²) < 4.78 is 28.7. The van der Waals surface area contributed by atoms with Crippen LogP contribution in [-0.4, -0.2) is 24.4 Å². The molecule has 0 aliphatic rings. The van der Waals surface area contributed by atoms with E-state index in [2.05, 4.69) is 0 Å². The molecule has 0 saturated heterocycles. The Morgan fingerprint density at radius 3 is 2.38 bits per heavy atom. The van der Waals surface area contributed by atoms with Crippen molar-refractivity contribution in [1.29, 1.82) is 0 Å². The SMILES string of the molecule is COc1ccc(/C(O)=C/C(=O)C(F)F)cc1. The summed E-state index contributed by atoms with van der Waals surface area (Å²) >= 11 is 0. The summed E-state index contributed by atoms with van der Waals surface area (Å²) in [4.78, 5) is 10.6. The largest absolute Gasteiger partial charge is 0.507 e. The highest BCUT2D eigenvalue weighted by atomic mass is 19.3. The van der Waals surface area contributed by atoms with Crippen LogP contribution in [-0.2, 0) is 4.79 Å². The van der Waals surface area contributed by atoms with Gasteiger partial charge in [0.25, 0.3) is 6.43 Å². The van der Waals surface area contributed by atoms with Crippen molar-refractivity contribution in [1.82, 2.24) is 0 Å². The van der Waals surface area contributed by atoms with Gasteiger partial charge in [-0.1, -0.05) is 0 Å². The van der Waals surface area contributed by atoms with Crippen molar-refractivity contribution in [3.63, 3.8) is 0 Å². The Labute approximate surface area is 91.0 Å².